The third-order valence-corrected chi connectivity index (χ3v) is 2.78. The zero-order valence-corrected chi connectivity index (χ0v) is 10.5. The van der Waals surface area contributed by atoms with E-state index in [1.165, 1.54) is 5.56 Å². The Bertz CT molecular complexity index is 296. The summed E-state index contributed by atoms with van der Waals surface area (Å²) in [5.74, 6) is 1.17. The van der Waals surface area contributed by atoms with Gasteiger partial charge in [0.15, 0.2) is 0 Å². The van der Waals surface area contributed by atoms with Gasteiger partial charge in [0.05, 0.1) is 0 Å². The van der Waals surface area contributed by atoms with Crippen LogP contribution in [0.25, 0.3) is 0 Å². The number of halogens is 1. The monoisotopic (exact) mass is 225 g/mol. The van der Waals surface area contributed by atoms with Gasteiger partial charge in [-0.2, -0.15) is 0 Å². The molecule has 0 radical (unpaired) electrons. The molecule has 0 amide bonds. The molecule has 1 unspecified atom stereocenters. The van der Waals surface area contributed by atoms with Gasteiger partial charge in [0.2, 0.25) is 0 Å². The van der Waals surface area contributed by atoms with Crippen LogP contribution < -0.4 is 5.32 Å². The van der Waals surface area contributed by atoms with Crippen molar-refractivity contribution in [3.63, 3.8) is 0 Å². The van der Waals surface area contributed by atoms with Crippen LogP contribution in [0.4, 0.5) is 0 Å². The lowest BCUT2D eigenvalue weighted by Gasteiger charge is -2.15. The molecule has 2 heteroatoms. The zero-order valence-electron chi connectivity index (χ0n) is 9.76. The first-order valence-electron chi connectivity index (χ1n) is 5.56. The molecule has 0 spiro atoms. The lowest BCUT2D eigenvalue weighted by molar-refractivity contribution is 0.529. The van der Waals surface area contributed by atoms with Gasteiger partial charge in [0, 0.05) is 11.6 Å². The van der Waals surface area contributed by atoms with Crippen molar-refractivity contribution in [2.24, 2.45) is 5.92 Å². The summed E-state index contributed by atoms with van der Waals surface area (Å²) in [5, 5.41) is 4.32. The molecule has 0 aliphatic heterocycles. The van der Waals surface area contributed by atoms with Crippen molar-refractivity contribution in [2.45, 2.75) is 26.7 Å². The normalized spacial score (nSPS) is 13.1. The van der Waals surface area contributed by atoms with Gasteiger partial charge in [-0.25, -0.2) is 0 Å². The maximum atomic E-state index is 6.13. The third kappa shape index (κ3) is 4.23. The summed E-state index contributed by atoms with van der Waals surface area (Å²) >= 11 is 6.13. The van der Waals surface area contributed by atoms with Crippen molar-refractivity contribution in [1.29, 1.82) is 0 Å². The summed E-state index contributed by atoms with van der Waals surface area (Å²) < 4.78 is 0. The number of hydrogen-bond donors (Lipinski definition) is 1. The molecule has 0 aromatic heterocycles. The molecule has 1 aromatic carbocycles. The van der Waals surface area contributed by atoms with Gasteiger partial charge < -0.3 is 5.32 Å². The maximum Gasteiger partial charge on any atom is 0.0441 e. The highest BCUT2D eigenvalue weighted by Crippen LogP contribution is 2.23. The molecule has 0 saturated carbocycles. The molecule has 15 heavy (non-hydrogen) atoms. The standard InChI is InChI=1S/C13H20ClN/c1-10(2)8-15-9-11(3)12-6-4-5-7-13(12)14/h4-7,10-11,15H,8-9H2,1-3H3. The number of rotatable bonds is 5. The quantitative estimate of drug-likeness (QED) is 0.806. The second-order valence-electron chi connectivity index (χ2n) is 4.47. The molecule has 1 aromatic rings. The molecular weight excluding hydrogens is 206 g/mol. The summed E-state index contributed by atoms with van der Waals surface area (Å²) in [4.78, 5) is 0. The second-order valence-corrected chi connectivity index (χ2v) is 4.88. The Balaban J connectivity index is 2.47. The lowest BCUT2D eigenvalue weighted by atomic mass is 10.0. The first-order valence-corrected chi connectivity index (χ1v) is 5.94. The van der Waals surface area contributed by atoms with Crippen molar-refractivity contribution in [3.8, 4) is 0 Å². The fourth-order valence-electron chi connectivity index (χ4n) is 1.57. The fraction of sp³-hybridized carbons (Fsp3) is 0.538. The van der Waals surface area contributed by atoms with Gasteiger partial charge in [-0.1, -0.05) is 50.6 Å². The number of hydrogen-bond acceptors (Lipinski definition) is 1. The number of nitrogens with one attached hydrogen (secondary N) is 1. The summed E-state index contributed by atoms with van der Waals surface area (Å²) in [6, 6.07) is 8.07. The van der Waals surface area contributed by atoms with Crippen LogP contribution in [0.2, 0.25) is 5.02 Å². The molecule has 84 valence electrons. The molecule has 0 saturated heterocycles. The first-order chi connectivity index (χ1) is 7.11. The van der Waals surface area contributed by atoms with E-state index in [9.17, 15) is 0 Å². The van der Waals surface area contributed by atoms with Crippen LogP contribution in [0.5, 0.6) is 0 Å². The molecule has 0 bridgehead atoms. The van der Waals surface area contributed by atoms with Crippen LogP contribution in [0.1, 0.15) is 32.3 Å². The van der Waals surface area contributed by atoms with Gasteiger partial charge in [-0.05, 0) is 30.0 Å². The van der Waals surface area contributed by atoms with Crippen molar-refractivity contribution in [1.82, 2.24) is 5.32 Å². The van der Waals surface area contributed by atoms with E-state index >= 15 is 0 Å². The second kappa shape index (κ2) is 6.14. The smallest absolute Gasteiger partial charge is 0.0441 e. The highest BCUT2D eigenvalue weighted by atomic mass is 35.5. The van der Waals surface area contributed by atoms with Gasteiger partial charge in [0.1, 0.15) is 0 Å². The Hall–Kier alpha value is -0.530. The Labute approximate surface area is 97.8 Å². The third-order valence-electron chi connectivity index (χ3n) is 2.44. The Morgan fingerprint density at radius 3 is 2.40 bits per heavy atom. The SMILES string of the molecule is CC(C)CNCC(C)c1ccccc1Cl. The van der Waals surface area contributed by atoms with Crippen LogP contribution in [0.3, 0.4) is 0 Å². The Morgan fingerprint density at radius 2 is 1.80 bits per heavy atom. The van der Waals surface area contributed by atoms with E-state index in [4.69, 9.17) is 11.6 Å². The molecule has 1 atom stereocenters. The van der Waals surface area contributed by atoms with Crippen molar-refractivity contribution < 1.29 is 0 Å². The minimum absolute atomic E-state index is 0.470. The van der Waals surface area contributed by atoms with E-state index in [1.54, 1.807) is 0 Å². The van der Waals surface area contributed by atoms with Crippen LogP contribution in [0, 0.1) is 5.92 Å². The molecule has 1 nitrogen and oxygen atoms in total. The average molecular weight is 226 g/mol. The Kier molecular flexibility index (Phi) is 5.13. The van der Waals surface area contributed by atoms with E-state index in [2.05, 4.69) is 32.2 Å². The van der Waals surface area contributed by atoms with Gasteiger partial charge in [-0.15, -0.1) is 0 Å². The lowest BCUT2D eigenvalue weighted by Crippen LogP contribution is -2.24. The van der Waals surface area contributed by atoms with Gasteiger partial charge in [-0.3, -0.25) is 0 Å². The molecular formula is C13H20ClN. The van der Waals surface area contributed by atoms with Crippen LogP contribution in [-0.2, 0) is 0 Å². The predicted molar refractivity (Wildman–Crippen MR) is 67.6 cm³/mol. The van der Waals surface area contributed by atoms with E-state index in [1.807, 2.05) is 18.2 Å². The average Bonchev–Trinajstić information content (AvgIpc) is 2.17. The predicted octanol–water partition coefficient (Wildman–Crippen LogP) is 3.69. The summed E-state index contributed by atoms with van der Waals surface area (Å²) in [6.07, 6.45) is 0. The summed E-state index contributed by atoms with van der Waals surface area (Å²) in [6.45, 7) is 8.69. The van der Waals surface area contributed by atoms with E-state index < -0.39 is 0 Å². The van der Waals surface area contributed by atoms with Gasteiger partial charge in [0.25, 0.3) is 0 Å². The van der Waals surface area contributed by atoms with Crippen molar-refractivity contribution in [3.05, 3.63) is 34.9 Å². The summed E-state index contributed by atoms with van der Waals surface area (Å²) in [5.41, 5.74) is 1.23. The topological polar surface area (TPSA) is 12.0 Å². The number of benzene rings is 1. The molecule has 0 fully saturated rings. The minimum atomic E-state index is 0.470. The van der Waals surface area contributed by atoms with Crippen LogP contribution in [0.15, 0.2) is 24.3 Å². The zero-order chi connectivity index (χ0) is 11.3. The van der Waals surface area contributed by atoms with E-state index in [-0.39, 0.29) is 0 Å². The summed E-state index contributed by atoms with van der Waals surface area (Å²) in [7, 11) is 0. The van der Waals surface area contributed by atoms with Crippen molar-refractivity contribution >= 4 is 11.6 Å². The highest BCUT2D eigenvalue weighted by Gasteiger charge is 2.08. The maximum absolute atomic E-state index is 6.13. The fourth-order valence-corrected chi connectivity index (χ4v) is 1.90. The molecule has 0 aliphatic rings. The Morgan fingerprint density at radius 1 is 1.13 bits per heavy atom. The van der Waals surface area contributed by atoms with Crippen LogP contribution >= 0.6 is 11.6 Å². The van der Waals surface area contributed by atoms with Gasteiger partial charge >= 0.3 is 0 Å². The van der Waals surface area contributed by atoms with E-state index in [0.29, 0.717) is 11.8 Å². The molecule has 0 aliphatic carbocycles. The molecule has 0 heterocycles. The largest absolute Gasteiger partial charge is 0.316 e. The van der Waals surface area contributed by atoms with Crippen LogP contribution in [-0.4, -0.2) is 13.1 Å². The molecule has 1 N–H and O–H groups in total. The van der Waals surface area contributed by atoms with E-state index in [0.717, 1.165) is 18.1 Å². The molecule has 1 rings (SSSR count). The first kappa shape index (κ1) is 12.5. The highest BCUT2D eigenvalue weighted by molar-refractivity contribution is 6.31. The van der Waals surface area contributed by atoms with Crippen molar-refractivity contribution in [2.75, 3.05) is 13.1 Å². The minimum Gasteiger partial charge on any atom is -0.316 e.